The summed E-state index contributed by atoms with van der Waals surface area (Å²) in [5, 5.41) is 9.93. The van der Waals surface area contributed by atoms with Crippen molar-refractivity contribution in [3.63, 3.8) is 0 Å². The molecule has 5 rings (SSSR count). The van der Waals surface area contributed by atoms with Crippen LogP contribution >= 0.6 is 0 Å². The SMILES string of the molecule is CCCN(Cc1ccc(Oc2ccccc2)cc1)C(=O)[C@@H]1[C@H](C(=O)COC)[C@@H](CC(=O)O)[C@H]1C(=O)N(CCC)Cc1ccc(Oc2ccccc2)cc1. The zero-order chi connectivity index (χ0) is 37.7. The van der Waals surface area contributed by atoms with Crippen molar-refractivity contribution in [1.82, 2.24) is 9.80 Å². The molecule has 0 aromatic heterocycles. The van der Waals surface area contributed by atoms with Crippen molar-refractivity contribution in [3.8, 4) is 23.0 Å². The summed E-state index contributed by atoms with van der Waals surface area (Å²) in [7, 11) is 1.38. The van der Waals surface area contributed by atoms with Crippen molar-refractivity contribution in [2.24, 2.45) is 23.7 Å². The molecule has 0 saturated heterocycles. The quantitative estimate of drug-likeness (QED) is 0.105. The standard InChI is InChI=1S/C43H48N2O8/c1-4-24-44(27-30-16-20-34(21-17-30)52-32-12-8-6-9-13-32)42(49)40-36(26-38(47)48)39(37(46)29-51-3)41(40)43(50)45(25-5-2)28-31-18-22-35(23-19-31)53-33-14-10-7-11-15-33/h6-23,36,39-41H,4-5,24-29H2,1-3H3,(H,47,48)/t36-,39+,40-,41-/m1/s1. The van der Waals surface area contributed by atoms with E-state index in [9.17, 15) is 24.3 Å². The highest BCUT2D eigenvalue weighted by molar-refractivity contribution is 5.98. The van der Waals surface area contributed by atoms with E-state index in [1.165, 1.54) is 7.11 Å². The Balaban J connectivity index is 1.39. The van der Waals surface area contributed by atoms with Crippen LogP contribution in [0.1, 0.15) is 44.2 Å². The topological polar surface area (TPSA) is 123 Å². The maximum absolute atomic E-state index is 14.6. The van der Waals surface area contributed by atoms with Crippen molar-refractivity contribution >= 4 is 23.6 Å². The summed E-state index contributed by atoms with van der Waals surface area (Å²) in [5.74, 6) is -3.31. The summed E-state index contributed by atoms with van der Waals surface area (Å²) in [4.78, 5) is 58.2. The number of carboxylic acids is 1. The largest absolute Gasteiger partial charge is 0.481 e. The molecule has 1 fully saturated rings. The number of carbonyl (C=O) groups excluding carboxylic acids is 3. The van der Waals surface area contributed by atoms with Crippen molar-refractivity contribution in [2.45, 2.75) is 46.2 Å². The summed E-state index contributed by atoms with van der Waals surface area (Å²) in [6.07, 6.45) is 0.879. The van der Waals surface area contributed by atoms with Gasteiger partial charge in [0.15, 0.2) is 5.78 Å². The first kappa shape index (κ1) is 38.7. The zero-order valence-corrected chi connectivity index (χ0v) is 30.6. The molecule has 1 N–H and O–H groups in total. The third-order valence-electron chi connectivity index (χ3n) is 9.50. The molecule has 0 spiro atoms. The molecule has 2 amide bonds. The third-order valence-corrected chi connectivity index (χ3v) is 9.50. The fourth-order valence-corrected chi connectivity index (χ4v) is 7.12. The van der Waals surface area contributed by atoms with Crippen molar-refractivity contribution in [2.75, 3.05) is 26.8 Å². The Kier molecular flexibility index (Phi) is 13.8. The normalized spacial score (nSPS) is 17.6. The second-order valence-corrected chi connectivity index (χ2v) is 13.4. The van der Waals surface area contributed by atoms with Crippen LogP contribution in [0.2, 0.25) is 0 Å². The van der Waals surface area contributed by atoms with E-state index in [0.29, 0.717) is 48.9 Å². The number of para-hydroxylation sites is 2. The average Bonchev–Trinajstić information content (AvgIpc) is 3.15. The molecule has 0 radical (unpaired) electrons. The molecule has 10 heteroatoms. The van der Waals surface area contributed by atoms with Gasteiger partial charge < -0.3 is 29.1 Å². The van der Waals surface area contributed by atoms with Gasteiger partial charge in [-0.25, -0.2) is 0 Å². The molecule has 0 aliphatic heterocycles. The van der Waals surface area contributed by atoms with Crippen LogP contribution in [0.3, 0.4) is 0 Å². The molecule has 1 aliphatic rings. The molecule has 0 unspecified atom stereocenters. The Morgan fingerprint density at radius 3 is 1.40 bits per heavy atom. The number of amides is 2. The number of rotatable bonds is 19. The number of nitrogens with zero attached hydrogens (tertiary/aromatic N) is 2. The predicted octanol–water partition coefficient (Wildman–Crippen LogP) is 7.62. The van der Waals surface area contributed by atoms with Crippen molar-refractivity contribution in [3.05, 3.63) is 120 Å². The minimum atomic E-state index is -1.13. The van der Waals surface area contributed by atoms with Gasteiger partial charge in [-0.05, 0) is 78.4 Å². The van der Waals surface area contributed by atoms with Crippen LogP contribution in [0, 0.1) is 23.7 Å². The van der Waals surface area contributed by atoms with Gasteiger partial charge in [-0.1, -0.05) is 74.5 Å². The smallest absolute Gasteiger partial charge is 0.303 e. The summed E-state index contributed by atoms with van der Waals surface area (Å²) in [5.41, 5.74) is 1.70. The van der Waals surface area contributed by atoms with Gasteiger partial charge in [0.2, 0.25) is 11.8 Å². The third kappa shape index (κ3) is 10.1. The van der Waals surface area contributed by atoms with Crippen LogP contribution in [0.4, 0.5) is 0 Å². The molecule has 4 atom stereocenters. The van der Waals surface area contributed by atoms with E-state index in [1.54, 1.807) is 9.80 Å². The van der Waals surface area contributed by atoms with E-state index in [1.807, 2.05) is 123 Å². The number of carboxylic acid groups (broad SMARTS) is 1. The molecule has 4 aromatic rings. The number of methoxy groups -OCH3 is 1. The van der Waals surface area contributed by atoms with Gasteiger partial charge in [0.1, 0.15) is 29.6 Å². The molecule has 53 heavy (non-hydrogen) atoms. The Morgan fingerprint density at radius 1 is 0.585 bits per heavy atom. The average molecular weight is 721 g/mol. The van der Waals surface area contributed by atoms with E-state index in [2.05, 4.69) is 0 Å². The minimum Gasteiger partial charge on any atom is -0.481 e. The first-order valence-corrected chi connectivity index (χ1v) is 18.2. The van der Waals surface area contributed by atoms with Gasteiger partial charge in [-0.15, -0.1) is 0 Å². The van der Waals surface area contributed by atoms with Crippen LogP contribution in [-0.2, 0) is 37.0 Å². The lowest BCUT2D eigenvalue weighted by Gasteiger charge is -2.51. The first-order valence-electron chi connectivity index (χ1n) is 18.2. The maximum atomic E-state index is 14.6. The number of carbonyl (C=O) groups is 4. The van der Waals surface area contributed by atoms with Crippen LogP contribution in [-0.4, -0.2) is 65.3 Å². The van der Waals surface area contributed by atoms with E-state index in [4.69, 9.17) is 14.2 Å². The summed E-state index contributed by atoms with van der Waals surface area (Å²) >= 11 is 0. The number of aliphatic carboxylic acids is 1. The van der Waals surface area contributed by atoms with Gasteiger partial charge in [0, 0.05) is 45.6 Å². The Hall–Kier alpha value is -5.48. The molecule has 10 nitrogen and oxygen atoms in total. The highest BCUT2D eigenvalue weighted by Gasteiger charge is 2.61. The van der Waals surface area contributed by atoms with Crippen LogP contribution in [0.25, 0.3) is 0 Å². The van der Waals surface area contributed by atoms with Crippen molar-refractivity contribution in [1.29, 1.82) is 0 Å². The van der Waals surface area contributed by atoms with Crippen LogP contribution in [0.15, 0.2) is 109 Å². The lowest BCUT2D eigenvalue weighted by Crippen LogP contribution is -2.63. The molecule has 1 aliphatic carbocycles. The molecule has 0 heterocycles. The van der Waals surface area contributed by atoms with E-state index in [0.717, 1.165) is 11.1 Å². The monoisotopic (exact) mass is 720 g/mol. The molecule has 0 bridgehead atoms. The number of Topliss-reactive ketones (excluding diaryl/α,β-unsaturated/α-hetero) is 1. The molecule has 4 aromatic carbocycles. The second-order valence-electron chi connectivity index (χ2n) is 13.4. The maximum Gasteiger partial charge on any atom is 0.303 e. The highest BCUT2D eigenvalue weighted by atomic mass is 16.5. The second kappa shape index (κ2) is 18.8. The van der Waals surface area contributed by atoms with E-state index < -0.39 is 36.1 Å². The van der Waals surface area contributed by atoms with Gasteiger partial charge in [0.05, 0.1) is 11.8 Å². The number of ether oxygens (including phenoxy) is 3. The minimum absolute atomic E-state index is 0.251. The highest BCUT2D eigenvalue weighted by Crippen LogP contribution is 2.51. The Bertz CT molecular complexity index is 1800. The number of hydrogen-bond acceptors (Lipinski definition) is 7. The van der Waals surface area contributed by atoms with Gasteiger partial charge in [0.25, 0.3) is 0 Å². The molecule has 1 saturated carbocycles. The number of hydrogen-bond donors (Lipinski definition) is 1. The van der Waals surface area contributed by atoms with Gasteiger partial charge in [-0.2, -0.15) is 0 Å². The molecular weight excluding hydrogens is 672 g/mol. The first-order chi connectivity index (χ1) is 25.7. The molecular formula is C43H48N2O8. The fraction of sp³-hybridized carbons (Fsp3) is 0.349. The fourth-order valence-electron chi connectivity index (χ4n) is 7.12. The molecule has 278 valence electrons. The van der Waals surface area contributed by atoms with Crippen LogP contribution < -0.4 is 9.47 Å². The zero-order valence-electron chi connectivity index (χ0n) is 30.6. The van der Waals surface area contributed by atoms with Gasteiger partial charge >= 0.3 is 5.97 Å². The number of ketones is 1. The van der Waals surface area contributed by atoms with Gasteiger partial charge in [-0.3, -0.25) is 19.2 Å². The predicted molar refractivity (Wildman–Crippen MR) is 200 cm³/mol. The number of benzene rings is 4. The summed E-state index contributed by atoms with van der Waals surface area (Å²) in [6, 6.07) is 33.7. The Labute approximate surface area is 311 Å². The van der Waals surface area contributed by atoms with Crippen LogP contribution in [0.5, 0.6) is 23.0 Å². The summed E-state index contributed by atoms with van der Waals surface area (Å²) in [6.45, 7) is 4.93. The lowest BCUT2D eigenvalue weighted by atomic mass is 9.53. The van der Waals surface area contributed by atoms with Crippen molar-refractivity contribution < 1.29 is 38.5 Å². The van der Waals surface area contributed by atoms with E-state index >= 15 is 0 Å². The Morgan fingerprint density at radius 2 is 1.00 bits per heavy atom. The summed E-state index contributed by atoms with van der Waals surface area (Å²) < 4.78 is 17.0. The lowest BCUT2D eigenvalue weighted by molar-refractivity contribution is -0.175. The van der Waals surface area contributed by atoms with E-state index in [-0.39, 0.29) is 37.3 Å².